The minimum Gasteiger partial charge on any atom is -0.356 e. The summed E-state index contributed by atoms with van der Waals surface area (Å²) in [6, 6.07) is 13.3. The second-order valence-corrected chi connectivity index (χ2v) is 6.57. The Morgan fingerprint density at radius 2 is 1.68 bits per heavy atom. The molecule has 132 valence electrons. The van der Waals surface area contributed by atoms with Crippen molar-refractivity contribution in [3.8, 4) is 0 Å². The van der Waals surface area contributed by atoms with Gasteiger partial charge in [-0.15, -0.1) is 0 Å². The van der Waals surface area contributed by atoms with E-state index in [1.807, 2.05) is 0 Å². The normalized spacial score (nSPS) is 11.6. The standard InChI is InChI=1S/C19H20BrFN2O2/c1-13(16-5-2-3-6-17(16)21)18(24)22-11-4-12-23-19(25)14-7-9-15(20)10-8-14/h2-3,5-10,13H,4,11-12H2,1H3,(H,22,24)(H,23,25). The number of halogens is 2. The second-order valence-electron chi connectivity index (χ2n) is 5.65. The predicted octanol–water partition coefficient (Wildman–Crippen LogP) is 3.63. The molecule has 2 aromatic rings. The molecule has 0 aliphatic rings. The number of carbonyl (C=O) groups is 2. The first-order valence-electron chi connectivity index (χ1n) is 8.05. The van der Waals surface area contributed by atoms with Gasteiger partial charge in [0.15, 0.2) is 0 Å². The summed E-state index contributed by atoms with van der Waals surface area (Å²) in [7, 11) is 0. The SMILES string of the molecule is CC(C(=O)NCCCNC(=O)c1ccc(Br)cc1)c1ccccc1F. The lowest BCUT2D eigenvalue weighted by Crippen LogP contribution is -2.32. The van der Waals surface area contributed by atoms with E-state index in [0.29, 0.717) is 30.6 Å². The monoisotopic (exact) mass is 406 g/mol. The third kappa shape index (κ3) is 5.67. The Morgan fingerprint density at radius 3 is 2.36 bits per heavy atom. The van der Waals surface area contributed by atoms with E-state index in [9.17, 15) is 14.0 Å². The van der Waals surface area contributed by atoms with Crippen LogP contribution in [0.2, 0.25) is 0 Å². The molecule has 0 aromatic heterocycles. The molecule has 2 N–H and O–H groups in total. The Labute approximate surface area is 154 Å². The van der Waals surface area contributed by atoms with Gasteiger partial charge in [-0.05, 0) is 49.2 Å². The predicted molar refractivity (Wildman–Crippen MR) is 98.9 cm³/mol. The fraction of sp³-hybridized carbons (Fsp3) is 0.263. The van der Waals surface area contributed by atoms with Gasteiger partial charge in [-0.25, -0.2) is 4.39 Å². The molecule has 2 amide bonds. The average Bonchev–Trinajstić information content (AvgIpc) is 2.61. The van der Waals surface area contributed by atoms with Gasteiger partial charge in [0.25, 0.3) is 5.91 Å². The largest absolute Gasteiger partial charge is 0.356 e. The molecular formula is C19H20BrFN2O2. The molecule has 6 heteroatoms. The fourth-order valence-corrected chi connectivity index (χ4v) is 2.59. The van der Waals surface area contributed by atoms with Crippen molar-refractivity contribution in [1.29, 1.82) is 0 Å². The molecule has 0 spiro atoms. The third-order valence-corrected chi connectivity index (χ3v) is 4.34. The zero-order chi connectivity index (χ0) is 18.2. The lowest BCUT2D eigenvalue weighted by Gasteiger charge is -2.13. The fourth-order valence-electron chi connectivity index (χ4n) is 2.33. The van der Waals surface area contributed by atoms with Crippen LogP contribution in [0.1, 0.15) is 35.2 Å². The van der Waals surface area contributed by atoms with Gasteiger partial charge in [-0.1, -0.05) is 34.1 Å². The molecule has 1 unspecified atom stereocenters. The molecule has 0 bridgehead atoms. The second kappa shape index (κ2) is 9.32. The first-order chi connectivity index (χ1) is 12.0. The number of hydrogen-bond acceptors (Lipinski definition) is 2. The van der Waals surface area contributed by atoms with E-state index in [1.54, 1.807) is 49.4 Å². The van der Waals surface area contributed by atoms with Gasteiger partial charge in [-0.3, -0.25) is 9.59 Å². The van der Waals surface area contributed by atoms with E-state index in [4.69, 9.17) is 0 Å². The molecular weight excluding hydrogens is 387 g/mol. The minimum absolute atomic E-state index is 0.154. The molecule has 0 fully saturated rings. The maximum absolute atomic E-state index is 13.7. The van der Waals surface area contributed by atoms with Crippen molar-refractivity contribution in [1.82, 2.24) is 10.6 Å². The van der Waals surface area contributed by atoms with Gasteiger partial charge in [-0.2, -0.15) is 0 Å². The molecule has 0 aliphatic carbocycles. The van der Waals surface area contributed by atoms with Crippen molar-refractivity contribution in [2.75, 3.05) is 13.1 Å². The van der Waals surface area contributed by atoms with Crippen LogP contribution in [-0.2, 0) is 4.79 Å². The van der Waals surface area contributed by atoms with Crippen LogP contribution in [0, 0.1) is 5.82 Å². The number of benzene rings is 2. The van der Waals surface area contributed by atoms with E-state index in [0.717, 1.165) is 4.47 Å². The van der Waals surface area contributed by atoms with E-state index in [1.165, 1.54) is 6.07 Å². The van der Waals surface area contributed by atoms with E-state index in [2.05, 4.69) is 26.6 Å². The van der Waals surface area contributed by atoms with Crippen LogP contribution in [0.3, 0.4) is 0 Å². The lowest BCUT2D eigenvalue weighted by molar-refractivity contribution is -0.122. The molecule has 1 atom stereocenters. The number of carbonyl (C=O) groups excluding carboxylic acids is 2. The number of amides is 2. The topological polar surface area (TPSA) is 58.2 Å². The first kappa shape index (κ1) is 19.1. The molecule has 4 nitrogen and oxygen atoms in total. The zero-order valence-corrected chi connectivity index (χ0v) is 15.5. The maximum atomic E-state index is 13.7. The van der Waals surface area contributed by atoms with Crippen LogP contribution >= 0.6 is 15.9 Å². The highest BCUT2D eigenvalue weighted by Crippen LogP contribution is 2.18. The van der Waals surface area contributed by atoms with Gasteiger partial charge < -0.3 is 10.6 Å². The first-order valence-corrected chi connectivity index (χ1v) is 8.84. The summed E-state index contributed by atoms with van der Waals surface area (Å²) in [5.41, 5.74) is 0.962. The van der Waals surface area contributed by atoms with Crippen molar-refractivity contribution < 1.29 is 14.0 Å². The Balaban J connectivity index is 1.70. The van der Waals surface area contributed by atoms with E-state index >= 15 is 0 Å². The van der Waals surface area contributed by atoms with Crippen LogP contribution in [0.5, 0.6) is 0 Å². The summed E-state index contributed by atoms with van der Waals surface area (Å²) in [5, 5.41) is 5.56. The summed E-state index contributed by atoms with van der Waals surface area (Å²) in [6.45, 7) is 2.53. The van der Waals surface area contributed by atoms with Crippen molar-refractivity contribution in [3.05, 3.63) is 69.9 Å². The lowest BCUT2D eigenvalue weighted by atomic mass is 10.00. The summed E-state index contributed by atoms with van der Waals surface area (Å²) < 4.78 is 14.6. The van der Waals surface area contributed by atoms with Crippen LogP contribution < -0.4 is 10.6 Å². The van der Waals surface area contributed by atoms with Gasteiger partial charge in [0.05, 0.1) is 5.92 Å². The van der Waals surface area contributed by atoms with Crippen LogP contribution in [0.15, 0.2) is 53.0 Å². The highest BCUT2D eigenvalue weighted by Gasteiger charge is 2.17. The molecule has 25 heavy (non-hydrogen) atoms. The number of nitrogens with one attached hydrogen (secondary N) is 2. The molecule has 2 rings (SSSR count). The Morgan fingerprint density at radius 1 is 1.04 bits per heavy atom. The Kier molecular flexibility index (Phi) is 7.13. The van der Waals surface area contributed by atoms with Gasteiger partial charge in [0, 0.05) is 23.1 Å². The van der Waals surface area contributed by atoms with E-state index < -0.39 is 5.92 Å². The van der Waals surface area contributed by atoms with Crippen LogP contribution in [-0.4, -0.2) is 24.9 Å². The quantitative estimate of drug-likeness (QED) is 0.689. The maximum Gasteiger partial charge on any atom is 0.251 e. The number of hydrogen-bond donors (Lipinski definition) is 2. The van der Waals surface area contributed by atoms with E-state index in [-0.39, 0.29) is 17.6 Å². The molecule has 0 saturated carbocycles. The summed E-state index contributed by atoms with van der Waals surface area (Å²) in [5.74, 6) is -1.33. The molecule has 0 aliphatic heterocycles. The highest BCUT2D eigenvalue weighted by atomic mass is 79.9. The highest BCUT2D eigenvalue weighted by molar-refractivity contribution is 9.10. The number of rotatable bonds is 7. The van der Waals surface area contributed by atoms with Crippen molar-refractivity contribution in [3.63, 3.8) is 0 Å². The van der Waals surface area contributed by atoms with Gasteiger partial charge in [0.1, 0.15) is 5.82 Å². The van der Waals surface area contributed by atoms with Gasteiger partial charge >= 0.3 is 0 Å². The van der Waals surface area contributed by atoms with Crippen LogP contribution in [0.25, 0.3) is 0 Å². The Bertz CT molecular complexity index is 734. The molecule has 0 heterocycles. The Hall–Kier alpha value is -2.21. The minimum atomic E-state index is -0.557. The average molecular weight is 407 g/mol. The molecule has 2 aromatic carbocycles. The van der Waals surface area contributed by atoms with Crippen molar-refractivity contribution in [2.24, 2.45) is 0 Å². The molecule has 0 radical (unpaired) electrons. The van der Waals surface area contributed by atoms with Gasteiger partial charge in [0.2, 0.25) is 5.91 Å². The molecule has 0 saturated heterocycles. The van der Waals surface area contributed by atoms with Crippen LogP contribution in [0.4, 0.5) is 4.39 Å². The summed E-state index contributed by atoms with van der Waals surface area (Å²) in [6.07, 6.45) is 0.595. The zero-order valence-electron chi connectivity index (χ0n) is 13.9. The third-order valence-electron chi connectivity index (χ3n) is 3.81. The smallest absolute Gasteiger partial charge is 0.251 e. The summed E-state index contributed by atoms with van der Waals surface area (Å²) in [4.78, 5) is 24.0. The van der Waals surface area contributed by atoms with Crippen molar-refractivity contribution >= 4 is 27.7 Å². The van der Waals surface area contributed by atoms with Crippen molar-refractivity contribution in [2.45, 2.75) is 19.3 Å². The summed E-state index contributed by atoms with van der Waals surface area (Å²) >= 11 is 3.32.